The first kappa shape index (κ1) is 12.0. The summed E-state index contributed by atoms with van der Waals surface area (Å²) in [6, 6.07) is 2.77. The topological polar surface area (TPSA) is 79.7 Å². The lowest BCUT2D eigenvalue weighted by Crippen LogP contribution is -2.27. The van der Waals surface area contributed by atoms with Crippen molar-refractivity contribution in [2.75, 3.05) is 20.7 Å². The summed E-state index contributed by atoms with van der Waals surface area (Å²) in [5.41, 5.74) is -0.0636. The van der Waals surface area contributed by atoms with Gasteiger partial charge in [0.1, 0.15) is 11.4 Å². The van der Waals surface area contributed by atoms with Crippen LogP contribution in [0.4, 0.5) is 0 Å². The fourth-order valence-corrected chi connectivity index (χ4v) is 0.866. The van der Waals surface area contributed by atoms with Crippen LogP contribution in [-0.2, 0) is 4.79 Å². The molecule has 1 aromatic rings. The Hall–Kier alpha value is -2.11. The molecule has 0 unspecified atom stereocenters. The van der Waals surface area contributed by atoms with E-state index in [1.165, 1.54) is 23.2 Å². The van der Waals surface area contributed by atoms with E-state index in [9.17, 15) is 9.59 Å². The standard InChI is InChI=1S/C10H12N2O4/c1-12(2)9(13)6-16-7-3-4-8(10(14)15)11-5-7/h3-5H,6H2,1-2H3,(H,14,15). The summed E-state index contributed by atoms with van der Waals surface area (Å²) < 4.78 is 5.12. The number of pyridine rings is 1. The molecular weight excluding hydrogens is 212 g/mol. The summed E-state index contributed by atoms with van der Waals surface area (Å²) in [6.45, 7) is -0.0961. The highest BCUT2D eigenvalue weighted by molar-refractivity contribution is 5.85. The molecule has 0 aromatic carbocycles. The van der Waals surface area contributed by atoms with Crippen molar-refractivity contribution in [2.45, 2.75) is 0 Å². The van der Waals surface area contributed by atoms with E-state index in [-0.39, 0.29) is 18.2 Å². The summed E-state index contributed by atoms with van der Waals surface area (Å²) in [6.07, 6.45) is 1.27. The molecule has 0 aliphatic rings. The van der Waals surface area contributed by atoms with E-state index in [0.717, 1.165) is 0 Å². The number of hydrogen-bond acceptors (Lipinski definition) is 4. The van der Waals surface area contributed by atoms with Gasteiger partial charge in [0.15, 0.2) is 6.61 Å². The Bertz CT molecular complexity index is 386. The molecule has 0 aliphatic carbocycles. The number of nitrogens with zero attached hydrogens (tertiary/aromatic N) is 2. The van der Waals surface area contributed by atoms with E-state index in [1.54, 1.807) is 14.1 Å². The van der Waals surface area contributed by atoms with E-state index < -0.39 is 5.97 Å². The molecule has 0 fully saturated rings. The molecule has 1 rings (SSSR count). The van der Waals surface area contributed by atoms with Gasteiger partial charge in [0.05, 0.1) is 6.20 Å². The lowest BCUT2D eigenvalue weighted by atomic mass is 10.3. The van der Waals surface area contributed by atoms with Crippen LogP contribution in [0.5, 0.6) is 5.75 Å². The summed E-state index contributed by atoms with van der Waals surface area (Å²) in [5.74, 6) is -0.918. The number of rotatable bonds is 4. The molecule has 1 amide bonds. The minimum absolute atomic E-state index is 0.0636. The average molecular weight is 224 g/mol. The number of aromatic carboxylic acids is 1. The largest absolute Gasteiger partial charge is 0.482 e. The zero-order valence-electron chi connectivity index (χ0n) is 9.01. The van der Waals surface area contributed by atoms with Gasteiger partial charge in [0, 0.05) is 14.1 Å². The predicted molar refractivity (Wildman–Crippen MR) is 55.4 cm³/mol. The van der Waals surface area contributed by atoms with Gasteiger partial charge in [-0.15, -0.1) is 0 Å². The van der Waals surface area contributed by atoms with Crippen molar-refractivity contribution >= 4 is 11.9 Å². The van der Waals surface area contributed by atoms with Crippen molar-refractivity contribution in [3.8, 4) is 5.75 Å². The quantitative estimate of drug-likeness (QED) is 0.792. The molecule has 1 heterocycles. The minimum Gasteiger partial charge on any atom is -0.482 e. The number of carboxylic acids is 1. The Morgan fingerprint density at radius 1 is 1.44 bits per heavy atom. The van der Waals surface area contributed by atoms with Crippen LogP contribution >= 0.6 is 0 Å². The SMILES string of the molecule is CN(C)C(=O)COc1ccc(C(=O)O)nc1. The summed E-state index contributed by atoms with van der Waals surface area (Å²) in [7, 11) is 3.24. The molecule has 1 N–H and O–H groups in total. The van der Waals surface area contributed by atoms with Gasteiger partial charge in [-0.2, -0.15) is 0 Å². The number of carbonyl (C=O) groups excluding carboxylic acids is 1. The van der Waals surface area contributed by atoms with Crippen LogP contribution in [0.15, 0.2) is 18.3 Å². The average Bonchev–Trinajstić information content (AvgIpc) is 2.26. The van der Waals surface area contributed by atoms with Crippen LogP contribution in [0.2, 0.25) is 0 Å². The Morgan fingerprint density at radius 2 is 2.12 bits per heavy atom. The molecule has 0 bridgehead atoms. The molecule has 0 atom stereocenters. The van der Waals surface area contributed by atoms with E-state index in [4.69, 9.17) is 9.84 Å². The first-order valence-electron chi connectivity index (χ1n) is 4.53. The maximum Gasteiger partial charge on any atom is 0.354 e. The number of aromatic nitrogens is 1. The number of amides is 1. The molecular formula is C10H12N2O4. The van der Waals surface area contributed by atoms with Crippen LogP contribution in [-0.4, -0.2) is 47.6 Å². The number of likely N-dealkylation sites (N-methyl/N-ethyl adjacent to an activating group) is 1. The zero-order chi connectivity index (χ0) is 12.1. The van der Waals surface area contributed by atoms with E-state index >= 15 is 0 Å². The maximum absolute atomic E-state index is 11.2. The Kier molecular flexibility index (Phi) is 3.82. The number of ether oxygens (including phenoxy) is 1. The van der Waals surface area contributed by atoms with Gasteiger partial charge in [-0.1, -0.05) is 0 Å². The molecule has 0 aliphatic heterocycles. The summed E-state index contributed by atoms with van der Waals surface area (Å²) in [5, 5.41) is 8.60. The van der Waals surface area contributed by atoms with Crippen molar-refractivity contribution in [1.82, 2.24) is 9.88 Å². The third-order valence-corrected chi connectivity index (χ3v) is 1.82. The second-order valence-corrected chi connectivity index (χ2v) is 3.26. The van der Waals surface area contributed by atoms with Gasteiger partial charge in [-0.05, 0) is 12.1 Å². The predicted octanol–water partition coefficient (Wildman–Crippen LogP) is 0.247. The molecule has 86 valence electrons. The van der Waals surface area contributed by atoms with Crippen molar-refractivity contribution in [3.05, 3.63) is 24.0 Å². The lowest BCUT2D eigenvalue weighted by molar-refractivity contribution is -0.130. The number of carbonyl (C=O) groups is 2. The fraction of sp³-hybridized carbons (Fsp3) is 0.300. The molecule has 0 saturated heterocycles. The second kappa shape index (κ2) is 5.11. The van der Waals surface area contributed by atoms with Crippen LogP contribution in [0.1, 0.15) is 10.5 Å². The first-order chi connectivity index (χ1) is 7.50. The maximum atomic E-state index is 11.2. The van der Waals surface area contributed by atoms with Crippen molar-refractivity contribution in [3.63, 3.8) is 0 Å². The van der Waals surface area contributed by atoms with E-state index in [1.807, 2.05) is 0 Å². The first-order valence-corrected chi connectivity index (χ1v) is 4.53. The second-order valence-electron chi connectivity index (χ2n) is 3.26. The van der Waals surface area contributed by atoms with Gasteiger partial charge >= 0.3 is 5.97 Å². The third kappa shape index (κ3) is 3.23. The summed E-state index contributed by atoms with van der Waals surface area (Å²) in [4.78, 5) is 26.7. The third-order valence-electron chi connectivity index (χ3n) is 1.82. The van der Waals surface area contributed by atoms with Gasteiger partial charge < -0.3 is 14.7 Å². The van der Waals surface area contributed by atoms with Gasteiger partial charge in [0.25, 0.3) is 5.91 Å². The van der Waals surface area contributed by atoms with Gasteiger partial charge in [-0.3, -0.25) is 4.79 Å². The highest BCUT2D eigenvalue weighted by Crippen LogP contribution is 2.08. The molecule has 16 heavy (non-hydrogen) atoms. The zero-order valence-corrected chi connectivity index (χ0v) is 9.01. The monoisotopic (exact) mass is 224 g/mol. The highest BCUT2D eigenvalue weighted by Gasteiger charge is 2.07. The van der Waals surface area contributed by atoms with Crippen LogP contribution in [0, 0.1) is 0 Å². The molecule has 0 radical (unpaired) electrons. The molecule has 1 aromatic heterocycles. The van der Waals surface area contributed by atoms with E-state index in [0.29, 0.717) is 5.75 Å². The van der Waals surface area contributed by atoms with Gasteiger partial charge in [-0.25, -0.2) is 9.78 Å². The molecule has 0 spiro atoms. The van der Waals surface area contributed by atoms with Crippen molar-refractivity contribution in [2.24, 2.45) is 0 Å². The smallest absolute Gasteiger partial charge is 0.354 e. The highest BCUT2D eigenvalue weighted by atomic mass is 16.5. The van der Waals surface area contributed by atoms with Gasteiger partial charge in [0.2, 0.25) is 0 Å². The lowest BCUT2D eigenvalue weighted by Gasteiger charge is -2.10. The molecule has 0 saturated carbocycles. The summed E-state index contributed by atoms with van der Waals surface area (Å²) >= 11 is 0. The Morgan fingerprint density at radius 3 is 2.56 bits per heavy atom. The molecule has 6 heteroatoms. The van der Waals surface area contributed by atoms with E-state index in [2.05, 4.69) is 4.98 Å². The number of carboxylic acid groups (broad SMARTS) is 1. The van der Waals surface area contributed by atoms with Crippen LogP contribution < -0.4 is 4.74 Å². The fourth-order valence-electron chi connectivity index (χ4n) is 0.866. The molecule has 6 nitrogen and oxygen atoms in total. The van der Waals surface area contributed by atoms with Crippen LogP contribution in [0.25, 0.3) is 0 Å². The minimum atomic E-state index is -1.10. The number of hydrogen-bond donors (Lipinski definition) is 1. The Balaban J connectivity index is 2.56. The Labute approximate surface area is 92.5 Å². The normalized spacial score (nSPS) is 9.62. The van der Waals surface area contributed by atoms with Crippen molar-refractivity contribution < 1.29 is 19.4 Å². The van der Waals surface area contributed by atoms with Crippen molar-refractivity contribution in [1.29, 1.82) is 0 Å². The van der Waals surface area contributed by atoms with Crippen LogP contribution in [0.3, 0.4) is 0 Å².